The van der Waals surface area contributed by atoms with Crippen LogP contribution in [0.2, 0.25) is 0 Å². The molecule has 0 aromatic carbocycles. The van der Waals surface area contributed by atoms with Gasteiger partial charge >= 0.3 is 5.43 Å². The van der Waals surface area contributed by atoms with Crippen molar-refractivity contribution in [2.24, 2.45) is 34.5 Å². The Kier molecular flexibility index (Phi) is 5.06. The van der Waals surface area contributed by atoms with Crippen LogP contribution in [0.25, 0.3) is 0 Å². The van der Waals surface area contributed by atoms with Gasteiger partial charge in [0.25, 0.3) is 0 Å². The molecule has 4 aliphatic carbocycles. The number of alkyl halides is 1. The molecule has 3 unspecified atom stereocenters. The van der Waals surface area contributed by atoms with Crippen LogP contribution in [0.5, 0.6) is 0 Å². The Morgan fingerprint density at radius 3 is 2.70 bits per heavy atom. The predicted molar refractivity (Wildman–Crippen MR) is 109 cm³/mol. The molecule has 3 fully saturated rings. The minimum atomic E-state index is -1.90. The van der Waals surface area contributed by atoms with Crippen LogP contribution >= 0.6 is 11.6 Å². The van der Waals surface area contributed by atoms with Gasteiger partial charge in [-0.05, 0) is 62.0 Å². The fourth-order valence-corrected chi connectivity index (χ4v) is 7.54. The molecule has 0 aliphatic heterocycles. The van der Waals surface area contributed by atoms with Crippen molar-refractivity contribution in [1.82, 2.24) is 0 Å². The van der Waals surface area contributed by atoms with E-state index in [0.717, 1.165) is 5.57 Å². The number of fused-ring (bicyclic) bond motifs is 5. The first kappa shape index (κ1) is 21.7. The second-order valence-corrected chi connectivity index (χ2v) is 10.3. The smallest absolute Gasteiger partial charge is 0.404 e. The first-order valence-corrected chi connectivity index (χ1v) is 11.0. The number of rotatable bonds is 3. The van der Waals surface area contributed by atoms with Crippen LogP contribution in [-0.4, -0.2) is 40.5 Å². The molecule has 0 spiro atoms. The lowest BCUT2D eigenvalue weighted by atomic mass is 9.45. The molecule has 4 rings (SSSR count). The van der Waals surface area contributed by atoms with Crippen molar-refractivity contribution in [1.29, 1.82) is 0 Å². The topological polar surface area (TPSA) is 80.7 Å². The minimum absolute atomic E-state index is 0.0238. The zero-order chi connectivity index (χ0) is 22.1. The van der Waals surface area contributed by atoms with Gasteiger partial charge in [0, 0.05) is 28.9 Å². The third-order valence-electron chi connectivity index (χ3n) is 8.66. The van der Waals surface area contributed by atoms with Crippen LogP contribution in [0.4, 0.5) is 9.18 Å². The molecule has 0 amide bonds. The van der Waals surface area contributed by atoms with Crippen LogP contribution < -0.4 is 0 Å². The average molecular weight is 439 g/mol. The highest BCUT2D eigenvalue weighted by Gasteiger charge is 2.71. The van der Waals surface area contributed by atoms with E-state index in [9.17, 15) is 19.5 Å². The summed E-state index contributed by atoms with van der Waals surface area (Å²) in [4.78, 5) is 35.8. The van der Waals surface area contributed by atoms with E-state index in [-0.39, 0.29) is 29.8 Å². The number of hydrogen-bond donors (Lipinski definition) is 1. The second kappa shape index (κ2) is 6.99. The summed E-state index contributed by atoms with van der Waals surface area (Å²) in [5.74, 6) is -1.36. The van der Waals surface area contributed by atoms with Gasteiger partial charge < -0.3 is 9.84 Å². The first-order chi connectivity index (χ1) is 13.9. The van der Waals surface area contributed by atoms with Gasteiger partial charge in [-0.25, -0.2) is 9.18 Å². The number of aliphatic hydroxyl groups excluding tert-OH is 1. The van der Waals surface area contributed by atoms with Crippen molar-refractivity contribution in [3.8, 4) is 0 Å². The van der Waals surface area contributed by atoms with E-state index in [4.69, 9.17) is 16.3 Å². The Hall–Kier alpha value is -1.53. The molecule has 1 N–H and O–H groups in total. The quantitative estimate of drug-likeness (QED) is 0.669. The third kappa shape index (κ3) is 2.79. The van der Waals surface area contributed by atoms with Gasteiger partial charge in [0.1, 0.15) is 0 Å². The van der Waals surface area contributed by atoms with Crippen molar-refractivity contribution in [2.75, 3.05) is 6.61 Å². The highest BCUT2D eigenvalue weighted by Crippen LogP contribution is 2.69. The Balaban J connectivity index is 1.71. The molecule has 4 aliphatic rings. The number of hydrogen-bond acceptors (Lipinski definition) is 5. The van der Waals surface area contributed by atoms with E-state index >= 15 is 4.39 Å². The molecule has 0 aromatic rings. The molecular formula is C23H28ClFO5. The highest BCUT2D eigenvalue weighted by atomic mass is 35.5. The van der Waals surface area contributed by atoms with Crippen LogP contribution in [0, 0.1) is 34.5 Å². The number of ether oxygens (including phenoxy) is 1. The third-order valence-corrected chi connectivity index (χ3v) is 8.76. The number of ketones is 2. The van der Waals surface area contributed by atoms with E-state index in [1.807, 2.05) is 13.8 Å². The number of aliphatic hydroxyl groups is 1. The largest absolute Gasteiger partial charge is 0.446 e. The van der Waals surface area contributed by atoms with E-state index in [0.29, 0.717) is 19.3 Å². The molecule has 0 aromatic heterocycles. The van der Waals surface area contributed by atoms with Crippen molar-refractivity contribution in [3.63, 3.8) is 0 Å². The minimum Gasteiger partial charge on any atom is -0.446 e. The van der Waals surface area contributed by atoms with Gasteiger partial charge in [0.15, 0.2) is 23.8 Å². The van der Waals surface area contributed by atoms with E-state index in [1.54, 1.807) is 13.0 Å². The van der Waals surface area contributed by atoms with Gasteiger partial charge in [-0.2, -0.15) is 0 Å². The summed E-state index contributed by atoms with van der Waals surface area (Å²) in [6, 6.07) is 0. The number of Topliss-reactive ketones (excluding diaryl/α,β-unsaturated/α-hetero) is 1. The van der Waals surface area contributed by atoms with Gasteiger partial charge in [-0.3, -0.25) is 9.59 Å². The summed E-state index contributed by atoms with van der Waals surface area (Å²) in [5.41, 5.74) is -3.83. The molecule has 30 heavy (non-hydrogen) atoms. The summed E-state index contributed by atoms with van der Waals surface area (Å²) >= 11 is 5.22. The fraction of sp³-hybridized carbons (Fsp3) is 0.696. The maximum atomic E-state index is 17.0. The lowest BCUT2D eigenvalue weighted by Gasteiger charge is -2.61. The van der Waals surface area contributed by atoms with Crippen molar-refractivity contribution in [2.45, 2.75) is 58.2 Å². The first-order valence-electron chi connectivity index (χ1n) is 10.6. The van der Waals surface area contributed by atoms with E-state index in [2.05, 4.69) is 0 Å². The number of allylic oxidation sites excluding steroid dienone is 4. The Morgan fingerprint density at radius 2 is 2.03 bits per heavy atom. The maximum absolute atomic E-state index is 17.0. The molecular weight excluding hydrogens is 411 g/mol. The molecule has 8 atom stereocenters. The molecule has 0 radical (unpaired) electrons. The highest BCUT2D eigenvalue weighted by molar-refractivity contribution is 6.61. The summed E-state index contributed by atoms with van der Waals surface area (Å²) < 4.78 is 21.7. The number of carbonyl (C=O) groups is 3. The Morgan fingerprint density at radius 1 is 1.33 bits per heavy atom. The monoisotopic (exact) mass is 438 g/mol. The fourth-order valence-electron chi connectivity index (χ4n) is 7.48. The van der Waals surface area contributed by atoms with Crippen LogP contribution in [0.15, 0.2) is 23.8 Å². The SMILES string of the molecule is C[C@H]1CC2C3CCC4=CC(=O)C=C[C@]4(C)[C@@]3(F)[C@@H](O)C[C@@]2(C)C1C(=O)COC(=O)Cl. The summed E-state index contributed by atoms with van der Waals surface area (Å²) in [7, 11) is 0. The average Bonchev–Trinajstić information content (AvgIpc) is 2.91. The summed E-state index contributed by atoms with van der Waals surface area (Å²) in [6.07, 6.45) is 5.21. The second-order valence-electron chi connectivity index (χ2n) is 10.0. The standard InChI is InChI=1S/C23H28ClFO5/c1-12-8-16-15-5-4-13-9-14(26)6-7-22(13,3)23(15,25)18(28)10-21(16,2)19(12)17(27)11-30-20(24)29/h6-7,9,12,15-16,18-19,28H,4-5,8,10-11H2,1-3H3/t12-,15?,16?,18-,19?,21+,22-,23-/m0/s1. The maximum Gasteiger partial charge on any atom is 0.404 e. The predicted octanol–water partition coefficient (Wildman–Crippen LogP) is 4.16. The molecule has 0 bridgehead atoms. The van der Waals surface area contributed by atoms with Crippen LogP contribution in [-0.2, 0) is 14.3 Å². The molecule has 0 heterocycles. The number of carbonyl (C=O) groups excluding carboxylic acids is 3. The molecule has 0 saturated heterocycles. The van der Waals surface area contributed by atoms with Gasteiger partial charge in [0.2, 0.25) is 0 Å². The lowest BCUT2D eigenvalue weighted by Crippen LogP contribution is -2.66. The summed E-state index contributed by atoms with van der Waals surface area (Å²) in [5, 5.41) is 11.2. The van der Waals surface area contributed by atoms with E-state index in [1.165, 1.54) is 12.2 Å². The molecule has 7 heteroatoms. The van der Waals surface area contributed by atoms with Crippen LogP contribution in [0.1, 0.15) is 46.5 Å². The van der Waals surface area contributed by atoms with Crippen LogP contribution in [0.3, 0.4) is 0 Å². The van der Waals surface area contributed by atoms with Crippen molar-refractivity contribution < 1.29 is 28.6 Å². The lowest BCUT2D eigenvalue weighted by molar-refractivity contribution is -0.195. The van der Waals surface area contributed by atoms with Gasteiger partial charge in [-0.15, -0.1) is 0 Å². The molecule has 164 valence electrons. The van der Waals surface area contributed by atoms with Crippen molar-refractivity contribution in [3.05, 3.63) is 23.8 Å². The summed E-state index contributed by atoms with van der Waals surface area (Å²) in [6.45, 7) is 5.30. The zero-order valence-corrected chi connectivity index (χ0v) is 18.2. The Bertz CT molecular complexity index is 868. The normalized spacial score (nSPS) is 47.1. The van der Waals surface area contributed by atoms with Gasteiger partial charge in [0.05, 0.1) is 6.10 Å². The van der Waals surface area contributed by atoms with E-state index < -0.39 is 46.5 Å². The molecule has 3 saturated carbocycles. The Labute approximate surface area is 180 Å². The molecule has 5 nitrogen and oxygen atoms in total. The van der Waals surface area contributed by atoms with Crippen molar-refractivity contribution >= 4 is 28.6 Å². The zero-order valence-electron chi connectivity index (χ0n) is 17.5. The van der Waals surface area contributed by atoms with Gasteiger partial charge in [-0.1, -0.05) is 25.5 Å². The number of halogens is 2.